The normalized spacial score (nSPS) is 13.3. The highest BCUT2D eigenvalue weighted by atomic mass is 32.2. The molecule has 1 spiro atoms. The Morgan fingerprint density at radius 1 is 0.404 bits per heavy atom. The summed E-state index contributed by atoms with van der Waals surface area (Å²) in [7, 11) is 0. The molecular weight excluding hydrogens is 715 g/mol. The fourth-order valence-electron chi connectivity index (χ4n) is 9.17. The number of rotatable bonds is 4. The van der Waals surface area contributed by atoms with Gasteiger partial charge in [-0.1, -0.05) is 176 Å². The molecule has 1 aliphatic heterocycles. The van der Waals surface area contributed by atoms with Gasteiger partial charge in [-0.25, -0.2) is 15.0 Å². The predicted molar refractivity (Wildman–Crippen MR) is 230 cm³/mol. The molecule has 0 amide bonds. The van der Waals surface area contributed by atoms with Crippen molar-refractivity contribution in [3.05, 3.63) is 210 Å². The van der Waals surface area contributed by atoms with Crippen LogP contribution in [0.5, 0.6) is 0 Å². The number of hydrogen-bond donors (Lipinski definition) is 0. The van der Waals surface area contributed by atoms with E-state index in [0.717, 1.165) is 49.8 Å². The summed E-state index contributed by atoms with van der Waals surface area (Å²) in [5.74, 6) is 1.91. The Labute approximate surface area is 333 Å². The summed E-state index contributed by atoms with van der Waals surface area (Å²) in [5, 5.41) is 2.27. The van der Waals surface area contributed by atoms with Crippen LogP contribution in [0.15, 0.2) is 202 Å². The van der Waals surface area contributed by atoms with E-state index in [4.69, 9.17) is 19.4 Å². The molecule has 0 N–H and O–H groups in total. The molecule has 3 heterocycles. The van der Waals surface area contributed by atoms with Crippen molar-refractivity contribution in [1.29, 1.82) is 0 Å². The molecular formula is C52H31N3OS. The first-order valence-electron chi connectivity index (χ1n) is 19.2. The number of fused-ring (bicyclic) bond motifs is 13. The molecule has 0 saturated carbocycles. The lowest BCUT2D eigenvalue weighted by molar-refractivity contribution is 0.669. The van der Waals surface area contributed by atoms with E-state index in [1.54, 1.807) is 0 Å². The smallest absolute Gasteiger partial charge is 0.164 e. The monoisotopic (exact) mass is 745 g/mol. The van der Waals surface area contributed by atoms with Gasteiger partial charge in [0, 0.05) is 42.8 Å². The summed E-state index contributed by atoms with van der Waals surface area (Å²) < 4.78 is 6.90. The number of hydrogen-bond acceptors (Lipinski definition) is 5. The van der Waals surface area contributed by atoms with Crippen molar-refractivity contribution >= 4 is 33.7 Å². The summed E-state index contributed by atoms with van der Waals surface area (Å²) in [6.07, 6.45) is 0. The maximum absolute atomic E-state index is 6.90. The zero-order valence-corrected chi connectivity index (χ0v) is 31.4. The minimum Gasteiger partial charge on any atom is -0.455 e. The number of furan rings is 1. The maximum atomic E-state index is 6.90. The van der Waals surface area contributed by atoms with Gasteiger partial charge < -0.3 is 4.42 Å². The van der Waals surface area contributed by atoms with Crippen molar-refractivity contribution in [3.63, 3.8) is 0 Å². The van der Waals surface area contributed by atoms with Gasteiger partial charge in [0.2, 0.25) is 0 Å². The molecule has 0 bridgehead atoms. The van der Waals surface area contributed by atoms with E-state index in [1.165, 1.54) is 43.2 Å². The average molecular weight is 746 g/mol. The Balaban J connectivity index is 1.11. The van der Waals surface area contributed by atoms with Crippen LogP contribution < -0.4 is 0 Å². The minimum atomic E-state index is -0.516. The van der Waals surface area contributed by atoms with Gasteiger partial charge in [0.15, 0.2) is 17.5 Å². The Hall–Kier alpha value is -7.08. The molecule has 0 atom stereocenters. The van der Waals surface area contributed by atoms with Gasteiger partial charge in [-0.2, -0.15) is 0 Å². The molecule has 10 aromatic rings. The molecule has 0 saturated heterocycles. The van der Waals surface area contributed by atoms with E-state index >= 15 is 0 Å². The first kappa shape index (κ1) is 32.2. The highest BCUT2D eigenvalue weighted by Crippen LogP contribution is 2.64. The third kappa shape index (κ3) is 4.73. The number of para-hydroxylation sites is 1. The largest absolute Gasteiger partial charge is 0.455 e. The van der Waals surface area contributed by atoms with E-state index in [9.17, 15) is 0 Å². The molecule has 4 nitrogen and oxygen atoms in total. The van der Waals surface area contributed by atoms with Crippen LogP contribution in [-0.4, -0.2) is 15.0 Å². The Bertz CT molecular complexity index is 3110. The molecule has 8 aromatic carbocycles. The summed E-state index contributed by atoms with van der Waals surface area (Å²) in [6.45, 7) is 0. The van der Waals surface area contributed by atoms with Crippen LogP contribution in [0, 0.1) is 0 Å². The second kappa shape index (κ2) is 12.5. The Morgan fingerprint density at radius 2 is 0.895 bits per heavy atom. The van der Waals surface area contributed by atoms with Crippen molar-refractivity contribution in [2.75, 3.05) is 0 Å². The summed E-state index contributed by atoms with van der Waals surface area (Å²) in [4.78, 5) is 17.5. The molecule has 2 aliphatic rings. The van der Waals surface area contributed by atoms with E-state index in [0.29, 0.717) is 17.5 Å². The van der Waals surface area contributed by atoms with Crippen molar-refractivity contribution in [3.8, 4) is 56.4 Å². The molecule has 5 heteroatoms. The van der Waals surface area contributed by atoms with Crippen LogP contribution in [0.3, 0.4) is 0 Å². The third-order valence-electron chi connectivity index (χ3n) is 11.6. The number of aromatic nitrogens is 3. The number of benzene rings is 8. The van der Waals surface area contributed by atoms with Crippen molar-refractivity contribution in [1.82, 2.24) is 15.0 Å². The van der Waals surface area contributed by atoms with Gasteiger partial charge in [-0.15, -0.1) is 0 Å². The van der Waals surface area contributed by atoms with Gasteiger partial charge in [-0.3, -0.25) is 0 Å². The van der Waals surface area contributed by atoms with Gasteiger partial charge in [0.1, 0.15) is 11.2 Å². The molecule has 2 aromatic heterocycles. The fraction of sp³-hybridized carbons (Fsp3) is 0.0192. The van der Waals surface area contributed by atoms with Gasteiger partial charge in [0.05, 0.1) is 5.41 Å². The van der Waals surface area contributed by atoms with Crippen LogP contribution >= 0.6 is 11.8 Å². The van der Waals surface area contributed by atoms with E-state index in [1.807, 2.05) is 72.4 Å². The van der Waals surface area contributed by atoms with Gasteiger partial charge >= 0.3 is 0 Å². The second-order valence-corrected chi connectivity index (χ2v) is 15.7. The van der Waals surface area contributed by atoms with Crippen LogP contribution in [0.4, 0.5) is 0 Å². The first-order valence-corrected chi connectivity index (χ1v) is 20.0. The SMILES string of the molecule is c1ccc(-c2nc(-c3ccccc3)nc(-c3ccc(-c4cc5c(c6c4oc4ccccc46)-c4ccccc4C54c5ccccc5Sc5ccccc54)cc3)n2)cc1. The zero-order valence-electron chi connectivity index (χ0n) is 30.6. The zero-order chi connectivity index (χ0) is 37.5. The average Bonchev–Trinajstić information content (AvgIpc) is 3.81. The highest BCUT2D eigenvalue weighted by Gasteiger charge is 2.51. The molecule has 0 unspecified atom stereocenters. The van der Waals surface area contributed by atoms with Gasteiger partial charge in [0.25, 0.3) is 0 Å². The molecule has 0 fully saturated rings. The van der Waals surface area contributed by atoms with E-state index < -0.39 is 5.41 Å². The Morgan fingerprint density at radius 3 is 1.53 bits per heavy atom. The quantitative estimate of drug-likeness (QED) is 0.180. The lowest BCUT2D eigenvalue weighted by Gasteiger charge is -2.39. The van der Waals surface area contributed by atoms with E-state index in [-0.39, 0.29) is 0 Å². The van der Waals surface area contributed by atoms with E-state index in [2.05, 4.69) is 127 Å². The topological polar surface area (TPSA) is 51.8 Å². The lowest BCUT2D eigenvalue weighted by atomic mass is 9.67. The molecule has 1 aliphatic carbocycles. The lowest BCUT2D eigenvalue weighted by Crippen LogP contribution is -2.32. The van der Waals surface area contributed by atoms with Crippen LogP contribution in [0.1, 0.15) is 22.3 Å². The fourth-order valence-corrected chi connectivity index (χ4v) is 10.4. The Kier molecular flexibility index (Phi) is 7.04. The highest BCUT2D eigenvalue weighted by molar-refractivity contribution is 7.99. The van der Waals surface area contributed by atoms with Crippen molar-refractivity contribution in [2.24, 2.45) is 0 Å². The standard InChI is InChI=1S/C52H31N3OS/c1-3-15-33(16-4-1)49-53-50(34-17-5-2-6-18-34)55-51(54-49)35-29-27-32(28-30-35)38-31-42-46(47-37-20-8-12-24-43(37)56-48(38)47)36-19-7-9-21-39(36)52(42)40-22-10-13-25-44(40)57-45-26-14-11-23-41(45)52/h1-31H. The minimum absolute atomic E-state index is 0.516. The predicted octanol–water partition coefficient (Wildman–Crippen LogP) is 13.3. The third-order valence-corrected chi connectivity index (χ3v) is 12.8. The molecule has 266 valence electrons. The van der Waals surface area contributed by atoms with Crippen LogP contribution in [-0.2, 0) is 5.41 Å². The number of nitrogens with zero attached hydrogens (tertiary/aromatic N) is 3. The first-order chi connectivity index (χ1) is 28.3. The summed E-state index contributed by atoms with van der Waals surface area (Å²) in [6, 6.07) is 66.6. The van der Waals surface area contributed by atoms with Crippen molar-refractivity contribution in [2.45, 2.75) is 15.2 Å². The second-order valence-electron chi connectivity index (χ2n) is 14.7. The van der Waals surface area contributed by atoms with Crippen LogP contribution in [0.2, 0.25) is 0 Å². The van der Waals surface area contributed by atoms with Crippen molar-refractivity contribution < 1.29 is 4.42 Å². The molecule has 12 rings (SSSR count). The summed E-state index contributed by atoms with van der Waals surface area (Å²) in [5.41, 5.74) is 13.9. The maximum Gasteiger partial charge on any atom is 0.164 e. The van der Waals surface area contributed by atoms with Gasteiger partial charge in [-0.05, 0) is 63.2 Å². The van der Waals surface area contributed by atoms with Crippen LogP contribution in [0.25, 0.3) is 78.4 Å². The molecule has 57 heavy (non-hydrogen) atoms. The summed E-state index contributed by atoms with van der Waals surface area (Å²) >= 11 is 1.86. The molecule has 0 radical (unpaired) electrons.